The SMILES string of the molecule is CCc1cc2c(N)nc(C3CSC(C)C(C)S3)nc2s1. The first kappa shape index (κ1) is 14.5. The lowest BCUT2D eigenvalue weighted by Crippen LogP contribution is -2.23. The van der Waals surface area contributed by atoms with Crippen molar-refractivity contribution in [2.75, 3.05) is 11.5 Å². The fourth-order valence-electron chi connectivity index (χ4n) is 2.25. The first-order chi connectivity index (χ1) is 9.58. The fourth-order valence-corrected chi connectivity index (χ4v) is 6.07. The van der Waals surface area contributed by atoms with Crippen molar-refractivity contribution in [1.29, 1.82) is 0 Å². The maximum absolute atomic E-state index is 6.13. The van der Waals surface area contributed by atoms with Gasteiger partial charge in [0.2, 0.25) is 0 Å². The van der Waals surface area contributed by atoms with E-state index in [9.17, 15) is 0 Å². The summed E-state index contributed by atoms with van der Waals surface area (Å²) in [4.78, 5) is 11.7. The summed E-state index contributed by atoms with van der Waals surface area (Å²) in [7, 11) is 0. The normalized spacial score (nSPS) is 27.1. The Balaban J connectivity index is 1.96. The van der Waals surface area contributed by atoms with Gasteiger partial charge in [0.15, 0.2) is 0 Å². The number of hydrogen-bond acceptors (Lipinski definition) is 6. The van der Waals surface area contributed by atoms with Gasteiger partial charge in [-0.1, -0.05) is 20.8 Å². The first-order valence-corrected chi connectivity index (χ1v) is 9.72. The average molecular weight is 326 g/mol. The number of aromatic nitrogens is 2. The van der Waals surface area contributed by atoms with Gasteiger partial charge in [0.25, 0.3) is 0 Å². The highest BCUT2D eigenvalue weighted by Gasteiger charge is 2.29. The minimum absolute atomic E-state index is 0.366. The third-order valence-corrected chi connectivity index (χ3v) is 8.24. The van der Waals surface area contributed by atoms with E-state index >= 15 is 0 Å². The predicted octanol–water partition coefficient (Wildman–Crippen LogP) is 4.13. The van der Waals surface area contributed by atoms with Gasteiger partial charge in [0, 0.05) is 21.1 Å². The number of aryl methyl sites for hydroxylation is 1. The largest absolute Gasteiger partial charge is 0.383 e. The summed E-state index contributed by atoms with van der Waals surface area (Å²) in [5, 5.41) is 2.72. The van der Waals surface area contributed by atoms with E-state index in [4.69, 9.17) is 10.7 Å². The number of thiophene rings is 1. The molecule has 0 amide bonds. The van der Waals surface area contributed by atoms with Crippen LogP contribution in [-0.4, -0.2) is 26.2 Å². The molecule has 3 atom stereocenters. The quantitative estimate of drug-likeness (QED) is 0.899. The maximum atomic E-state index is 6.13. The minimum Gasteiger partial charge on any atom is -0.383 e. The smallest absolute Gasteiger partial charge is 0.146 e. The molecule has 0 aromatic carbocycles. The molecule has 0 spiro atoms. The third-order valence-electron chi connectivity index (χ3n) is 3.68. The van der Waals surface area contributed by atoms with Gasteiger partial charge in [-0.2, -0.15) is 11.8 Å². The number of nitrogens with zero attached hydrogens (tertiary/aromatic N) is 2. The standard InChI is InChI=1S/C14H19N3S3/c1-4-9-5-10-12(15)16-13(17-14(10)20-9)11-6-18-7(2)8(3)19-11/h5,7-8,11H,4,6H2,1-3H3,(H2,15,16,17). The summed E-state index contributed by atoms with van der Waals surface area (Å²) in [6, 6.07) is 2.13. The Bertz CT molecular complexity index is 625. The van der Waals surface area contributed by atoms with Crippen LogP contribution in [0.25, 0.3) is 10.2 Å². The average Bonchev–Trinajstić information content (AvgIpc) is 2.85. The van der Waals surface area contributed by atoms with Crippen LogP contribution in [0.15, 0.2) is 6.07 Å². The zero-order valence-corrected chi connectivity index (χ0v) is 14.4. The molecule has 0 saturated carbocycles. The van der Waals surface area contributed by atoms with Crippen molar-refractivity contribution in [3.63, 3.8) is 0 Å². The second-order valence-electron chi connectivity index (χ2n) is 5.12. The van der Waals surface area contributed by atoms with E-state index in [-0.39, 0.29) is 0 Å². The highest BCUT2D eigenvalue weighted by atomic mass is 32.2. The van der Waals surface area contributed by atoms with Crippen molar-refractivity contribution in [2.24, 2.45) is 0 Å². The molecule has 1 aliphatic heterocycles. The summed E-state index contributed by atoms with van der Waals surface area (Å²) < 4.78 is 0. The lowest BCUT2D eigenvalue weighted by molar-refractivity contribution is 0.867. The van der Waals surface area contributed by atoms with Crippen LogP contribution < -0.4 is 5.73 Å². The zero-order chi connectivity index (χ0) is 14.3. The third kappa shape index (κ3) is 2.65. The lowest BCUT2D eigenvalue weighted by Gasteiger charge is -2.30. The molecule has 1 fully saturated rings. The fraction of sp³-hybridized carbons (Fsp3) is 0.571. The molecule has 3 unspecified atom stereocenters. The van der Waals surface area contributed by atoms with Gasteiger partial charge in [-0.25, -0.2) is 9.97 Å². The van der Waals surface area contributed by atoms with Crippen LogP contribution in [0.2, 0.25) is 0 Å². The highest BCUT2D eigenvalue weighted by Crippen LogP contribution is 2.44. The highest BCUT2D eigenvalue weighted by molar-refractivity contribution is 8.07. The van der Waals surface area contributed by atoms with Crippen molar-refractivity contribution in [2.45, 2.75) is 42.9 Å². The van der Waals surface area contributed by atoms with Crippen molar-refractivity contribution in [3.05, 3.63) is 16.8 Å². The molecule has 0 radical (unpaired) electrons. The van der Waals surface area contributed by atoms with Crippen molar-refractivity contribution < 1.29 is 0 Å². The molecule has 3 rings (SSSR count). The molecule has 2 aromatic rings. The van der Waals surface area contributed by atoms with E-state index in [1.807, 2.05) is 23.5 Å². The number of nitrogen functional groups attached to an aromatic ring is 1. The zero-order valence-electron chi connectivity index (χ0n) is 11.9. The molecular formula is C14H19N3S3. The number of fused-ring (bicyclic) bond motifs is 1. The molecule has 1 saturated heterocycles. The van der Waals surface area contributed by atoms with Gasteiger partial charge < -0.3 is 5.73 Å². The van der Waals surface area contributed by atoms with Gasteiger partial charge in [-0.05, 0) is 12.5 Å². The molecule has 0 bridgehead atoms. The number of rotatable bonds is 2. The molecule has 1 aliphatic rings. The van der Waals surface area contributed by atoms with Crippen LogP contribution in [0.4, 0.5) is 5.82 Å². The van der Waals surface area contributed by atoms with Crippen molar-refractivity contribution >= 4 is 50.9 Å². The first-order valence-electron chi connectivity index (χ1n) is 6.91. The van der Waals surface area contributed by atoms with Crippen LogP contribution in [0.1, 0.15) is 36.7 Å². The van der Waals surface area contributed by atoms with Crippen molar-refractivity contribution in [3.8, 4) is 0 Å². The second kappa shape index (κ2) is 5.73. The lowest BCUT2D eigenvalue weighted by atomic mass is 10.3. The molecular weight excluding hydrogens is 306 g/mol. The Morgan fingerprint density at radius 3 is 2.80 bits per heavy atom. The molecule has 6 heteroatoms. The van der Waals surface area contributed by atoms with Crippen LogP contribution in [0.5, 0.6) is 0 Å². The molecule has 2 aromatic heterocycles. The van der Waals surface area contributed by atoms with Gasteiger partial charge in [0.1, 0.15) is 16.5 Å². The van der Waals surface area contributed by atoms with E-state index in [1.165, 1.54) is 4.88 Å². The number of thioether (sulfide) groups is 2. The van der Waals surface area contributed by atoms with Gasteiger partial charge in [0.05, 0.1) is 10.6 Å². The Morgan fingerprint density at radius 1 is 1.30 bits per heavy atom. The Labute approximate surface area is 132 Å². The summed E-state index contributed by atoms with van der Waals surface area (Å²) in [6.45, 7) is 6.74. The van der Waals surface area contributed by atoms with E-state index in [0.717, 1.165) is 28.2 Å². The number of hydrogen-bond donors (Lipinski definition) is 1. The second-order valence-corrected chi connectivity index (χ2v) is 9.23. The summed E-state index contributed by atoms with van der Waals surface area (Å²) in [5.74, 6) is 2.63. The summed E-state index contributed by atoms with van der Waals surface area (Å²) in [5.41, 5.74) is 6.13. The monoisotopic (exact) mass is 325 g/mol. The molecule has 108 valence electrons. The Morgan fingerprint density at radius 2 is 2.10 bits per heavy atom. The van der Waals surface area contributed by atoms with Crippen LogP contribution in [0, 0.1) is 0 Å². The maximum Gasteiger partial charge on any atom is 0.146 e. The number of nitrogens with two attached hydrogens (primary N) is 1. The Hall–Kier alpha value is -0.460. The number of anilines is 1. The molecule has 20 heavy (non-hydrogen) atoms. The van der Waals surface area contributed by atoms with Crippen molar-refractivity contribution in [1.82, 2.24) is 9.97 Å². The minimum atomic E-state index is 0.366. The van der Waals surface area contributed by atoms with E-state index in [2.05, 4.69) is 31.8 Å². The summed E-state index contributed by atoms with van der Waals surface area (Å²) in [6.07, 6.45) is 1.03. The van der Waals surface area contributed by atoms with Gasteiger partial charge in [-0.3, -0.25) is 0 Å². The molecule has 2 N–H and O–H groups in total. The predicted molar refractivity (Wildman–Crippen MR) is 92.9 cm³/mol. The van der Waals surface area contributed by atoms with E-state index < -0.39 is 0 Å². The Kier molecular flexibility index (Phi) is 4.15. The van der Waals surface area contributed by atoms with Crippen LogP contribution in [-0.2, 0) is 6.42 Å². The van der Waals surface area contributed by atoms with E-state index in [0.29, 0.717) is 21.6 Å². The van der Waals surface area contributed by atoms with Gasteiger partial charge in [-0.15, -0.1) is 23.1 Å². The molecule has 3 nitrogen and oxygen atoms in total. The van der Waals surface area contributed by atoms with Gasteiger partial charge >= 0.3 is 0 Å². The van der Waals surface area contributed by atoms with Crippen LogP contribution in [0.3, 0.4) is 0 Å². The van der Waals surface area contributed by atoms with E-state index in [1.54, 1.807) is 11.3 Å². The summed E-state index contributed by atoms with van der Waals surface area (Å²) >= 11 is 5.74. The van der Waals surface area contributed by atoms with Crippen LogP contribution >= 0.6 is 34.9 Å². The molecule has 0 aliphatic carbocycles. The topological polar surface area (TPSA) is 51.8 Å². The molecule has 3 heterocycles.